The zero-order chi connectivity index (χ0) is 19.2. The number of rotatable bonds is 6. The Balaban J connectivity index is 1.47. The maximum absolute atomic E-state index is 6.60. The molecule has 0 radical (unpaired) electrons. The van der Waals surface area contributed by atoms with Crippen molar-refractivity contribution in [2.24, 2.45) is 0 Å². The average molecular weight is 382 g/mol. The van der Waals surface area contributed by atoms with Crippen molar-refractivity contribution in [1.29, 1.82) is 0 Å². The molecular weight excluding hydrogens is 360 g/mol. The van der Waals surface area contributed by atoms with Crippen molar-refractivity contribution < 1.29 is 14.2 Å². The smallest absolute Gasteiger partial charge is 0.131 e. The molecule has 0 aromatic heterocycles. The van der Waals surface area contributed by atoms with Gasteiger partial charge in [-0.2, -0.15) is 0 Å². The van der Waals surface area contributed by atoms with Crippen LogP contribution in [0.4, 0.5) is 0 Å². The standard InChI is InChI=1S/C26H22O3/c1-3-7-21-17(5-1)9-11-25(23(21)13-19-15-27-19)29-26-12-10-18-6-2-4-8-22(18)24(26)14-20-16-28-20/h1-12,19-20H,13-16H2. The van der Waals surface area contributed by atoms with Gasteiger partial charge in [-0.1, -0.05) is 60.7 Å². The van der Waals surface area contributed by atoms with Gasteiger partial charge in [-0.25, -0.2) is 0 Å². The molecule has 0 amide bonds. The summed E-state index contributed by atoms with van der Waals surface area (Å²) in [5.41, 5.74) is 2.46. The van der Waals surface area contributed by atoms with Gasteiger partial charge in [0.2, 0.25) is 0 Å². The molecule has 2 saturated heterocycles. The van der Waals surface area contributed by atoms with Crippen LogP contribution >= 0.6 is 0 Å². The zero-order valence-electron chi connectivity index (χ0n) is 16.1. The van der Waals surface area contributed by atoms with Crippen molar-refractivity contribution in [2.45, 2.75) is 25.0 Å². The highest BCUT2D eigenvalue weighted by Gasteiger charge is 2.27. The molecule has 2 heterocycles. The van der Waals surface area contributed by atoms with Gasteiger partial charge in [-0.05, 0) is 33.7 Å². The molecule has 0 N–H and O–H groups in total. The fourth-order valence-electron chi connectivity index (χ4n) is 4.19. The van der Waals surface area contributed by atoms with Crippen molar-refractivity contribution in [3.63, 3.8) is 0 Å². The Hall–Kier alpha value is -2.88. The Labute approximate surface area is 169 Å². The van der Waals surface area contributed by atoms with Crippen molar-refractivity contribution in [3.8, 4) is 11.5 Å². The van der Waals surface area contributed by atoms with E-state index in [0.717, 1.165) is 37.6 Å². The molecule has 2 aliphatic heterocycles. The summed E-state index contributed by atoms with van der Waals surface area (Å²) in [7, 11) is 0. The third kappa shape index (κ3) is 3.37. The second-order valence-electron chi connectivity index (χ2n) is 7.95. The SMILES string of the molecule is c1ccc2c(CC3CO3)c(Oc3ccc4ccccc4c3CC3CO3)ccc2c1. The first kappa shape index (κ1) is 17.0. The van der Waals surface area contributed by atoms with Crippen molar-refractivity contribution in [3.05, 3.63) is 83.9 Å². The van der Waals surface area contributed by atoms with E-state index in [9.17, 15) is 0 Å². The predicted molar refractivity (Wildman–Crippen MR) is 115 cm³/mol. The van der Waals surface area contributed by atoms with E-state index >= 15 is 0 Å². The molecule has 144 valence electrons. The van der Waals surface area contributed by atoms with Crippen LogP contribution in [0.1, 0.15) is 11.1 Å². The highest BCUT2D eigenvalue weighted by molar-refractivity contribution is 5.89. The Morgan fingerprint density at radius 2 is 1.07 bits per heavy atom. The molecule has 0 spiro atoms. The zero-order valence-corrected chi connectivity index (χ0v) is 16.1. The summed E-state index contributed by atoms with van der Waals surface area (Å²) in [5.74, 6) is 1.85. The van der Waals surface area contributed by atoms with E-state index in [1.54, 1.807) is 0 Å². The van der Waals surface area contributed by atoms with E-state index in [1.165, 1.54) is 32.7 Å². The van der Waals surface area contributed by atoms with E-state index < -0.39 is 0 Å². The molecule has 2 aliphatic rings. The summed E-state index contributed by atoms with van der Waals surface area (Å²) < 4.78 is 17.7. The quantitative estimate of drug-likeness (QED) is 0.403. The lowest BCUT2D eigenvalue weighted by Crippen LogP contribution is -2.02. The van der Waals surface area contributed by atoms with Gasteiger partial charge in [0, 0.05) is 24.0 Å². The van der Waals surface area contributed by atoms with Crippen LogP contribution in [0, 0.1) is 0 Å². The van der Waals surface area contributed by atoms with Gasteiger partial charge in [-0.3, -0.25) is 0 Å². The Kier molecular flexibility index (Phi) is 4.03. The van der Waals surface area contributed by atoms with Gasteiger partial charge >= 0.3 is 0 Å². The summed E-state index contributed by atoms with van der Waals surface area (Å²) in [5, 5.41) is 4.96. The second-order valence-corrected chi connectivity index (χ2v) is 7.95. The molecule has 0 aliphatic carbocycles. The Morgan fingerprint density at radius 1 is 0.621 bits per heavy atom. The minimum absolute atomic E-state index is 0.305. The van der Waals surface area contributed by atoms with Crippen LogP contribution in [0.25, 0.3) is 21.5 Å². The maximum Gasteiger partial charge on any atom is 0.131 e. The van der Waals surface area contributed by atoms with Crippen LogP contribution in [-0.2, 0) is 22.3 Å². The predicted octanol–water partition coefficient (Wildman–Crippen LogP) is 5.67. The molecule has 3 nitrogen and oxygen atoms in total. The summed E-state index contributed by atoms with van der Waals surface area (Å²) in [6.07, 6.45) is 2.37. The number of benzene rings is 4. The van der Waals surface area contributed by atoms with Gasteiger partial charge in [-0.15, -0.1) is 0 Å². The average Bonchev–Trinajstić information content (AvgIpc) is 3.67. The number of ether oxygens (including phenoxy) is 3. The first-order chi connectivity index (χ1) is 14.3. The molecule has 0 bridgehead atoms. The molecule has 29 heavy (non-hydrogen) atoms. The number of fused-ring (bicyclic) bond motifs is 2. The first-order valence-corrected chi connectivity index (χ1v) is 10.3. The van der Waals surface area contributed by atoms with Crippen LogP contribution < -0.4 is 4.74 Å². The number of hydrogen-bond donors (Lipinski definition) is 0. The van der Waals surface area contributed by atoms with Crippen LogP contribution in [0.2, 0.25) is 0 Å². The fourth-order valence-corrected chi connectivity index (χ4v) is 4.19. The van der Waals surface area contributed by atoms with Gasteiger partial charge < -0.3 is 14.2 Å². The van der Waals surface area contributed by atoms with Gasteiger partial charge in [0.05, 0.1) is 25.4 Å². The summed E-state index contributed by atoms with van der Waals surface area (Å²) >= 11 is 0. The normalized spacial score (nSPS) is 20.1. The lowest BCUT2D eigenvalue weighted by molar-refractivity contribution is 0.399. The molecule has 2 fully saturated rings. The molecular formula is C26H22O3. The lowest BCUT2D eigenvalue weighted by atomic mass is 9.98. The van der Waals surface area contributed by atoms with Gasteiger partial charge in [0.25, 0.3) is 0 Å². The van der Waals surface area contributed by atoms with Crippen molar-refractivity contribution in [2.75, 3.05) is 13.2 Å². The van der Waals surface area contributed by atoms with E-state index in [-0.39, 0.29) is 0 Å². The topological polar surface area (TPSA) is 34.3 Å². The minimum atomic E-state index is 0.305. The molecule has 3 heteroatoms. The van der Waals surface area contributed by atoms with Gasteiger partial charge in [0.15, 0.2) is 0 Å². The summed E-state index contributed by atoms with van der Waals surface area (Å²) in [6, 6.07) is 25.5. The first-order valence-electron chi connectivity index (χ1n) is 10.3. The van der Waals surface area contributed by atoms with Crippen LogP contribution in [0.5, 0.6) is 11.5 Å². The molecule has 4 aromatic carbocycles. The van der Waals surface area contributed by atoms with Crippen LogP contribution in [0.3, 0.4) is 0 Å². The second kappa shape index (κ2) is 6.87. The highest BCUT2D eigenvalue weighted by atomic mass is 16.6. The number of hydrogen-bond acceptors (Lipinski definition) is 3. The molecule has 4 aromatic rings. The molecule has 0 saturated carbocycles. The third-order valence-electron chi connectivity index (χ3n) is 5.88. The monoisotopic (exact) mass is 382 g/mol. The van der Waals surface area contributed by atoms with E-state index in [1.807, 2.05) is 0 Å². The van der Waals surface area contributed by atoms with Gasteiger partial charge in [0.1, 0.15) is 11.5 Å². The van der Waals surface area contributed by atoms with E-state index in [0.29, 0.717) is 12.2 Å². The molecule has 6 rings (SSSR count). The molecule has 2 atom stereocenters. The minimum Gasteiger partial charge on any atom is -0.457 e. The highest BCUT2D eigenvalue weighted by Crippen LogP contribution is 2.38. The third-order valence-corrected chi connectivity index (χ3v) is 5.88. The molecule has 2 unspecified atom stereocenters. The Bertz CT molecular complexity index is 1110. The lowest BCUT2D eigenvalue weighted by Gasteiger charge is -2.17. The van der Waals surface area contributed by atoms with Crippen molar-refractivity contribution in [1.82, 2.24) is 0 Å². The summed E-state index contributed by atoms with van der Waals surface area (Å²) in [4.78, 5) is 0. The van der Waals surface area contributed by atoms with E-state index in [4.69, 9.17) is 14.2 Å². The fraction of sp³-hybridized carbons (Fsp3) is 0.231. The summed E-state index contributed by atoms with van der Waals surface area (Å²) in [6.45, 7) is 1.67. The van der Waals surface area contributed by atoms with E-state index in [2.05, 4.69) is 72.8 Å². The van der Waals surface area contributed by atoms with Crippen LogP contribution in [0.15, 0.2) is 72.8 Å². The van der Waals surface area contributed by atoms with Crippen molar-refractivity contribution >= 4 is 21.5 Å². The largest absolute Gasteiger partial charge is 0.457 e. The maximum atomic E-state index is 6.60. The Morgan fingerprint density at radius 3 is 1.52 bits per heavy atom. The van der Waals surface area contributed by atoms with Crippen LogP contribution in [-0.4, -0.2) is 25.4 Å². The number of epoxide rings is 2.